The molecule has 5 heteroatoms. The molecule has 2 fully saturated rings. The molecular formula is C22H32N2O3. The van der Waals surface area contributed by atoms with Gasteiger partial charge in [-0.15, -0.1) is 0 Å². The second-order valence-corrected chi connectivity index (χ2v) is 7.91. The van der Waals surface area contributed by atoms with Crippen molar-refractivity contribution < 1.29 is 14.3 Å². The summed E-state index contributed by atoms with van der Waals surface area (Å²) in [5.41, 5.74) is 1.42. The molecule has 148 valence electrons. The normalized spacial score (nSPS) is 19.1. The van der Waals surface area contributed by atoms with Crippen LogP contribution in [0.1, 0.15) is 44.6 Å². The molecule has 2 aliphatic heterocycles. The first-order valence-electron chi connectivity index (χ1n) is 10.3. The second-order valence-electron chi connectivity index (χ2n) is 7.91. The molecule has 27 heavy (non-hydrogen) atoms. The largest absolute Gasteiger partial charge is 0.381 e. The van der Waals surface area contributed by atoms with Gasteiger partial charge in [0.2, 0.25) is 11.8 Å². The Morgan fingerprint density at radius 3 is 2.63 bits per heavy atom. The molecule has 0 saturated carbocycles. The van der Waals surface area contributed by atoms with Crippen LogP contribution in [0.5, 0.6) is 0 Å². The van der Waals surface area contributed by atoms with Gasteiger partial charge < -0.3 is 14.5 Å². The molecular weight excluding hydrogens is 340 g/mol. The summed E-state index contributed by atoms with van der Waals surface area (Å²) >= 11 is 0. The number of piperidine rings is 1. The summed E-state index contributed by atoms with van der Waals surface area (Å²) in [6.45, 7) is 6.35. The van der Waals surface area contributed by atoms with E-state index in [1.165, 1.54) is 5.56 Å². The highest BCUT2D eigenvalue weighted by atomic mass is 16.5. The predicted molar refractivity (Wildman–Crippen MR) is 105 cm³/mol. The predicted octanol–water partition coefficient (Wildman–Crippen LogP) is 2.89. The van der Waals surface area contributed by atoms with Crippen LogP contribution in [0.25, 0.3) is 0 Å². The Morgan fingerprint density at radius 2 is 1.93 bits per heavy atom. The minimum Gasteiger partial charge on any atom is -0.381 e. The van der Waals surface area contributed by atoms with Crippen molar-refractivity contribution in [3.05, 3.63) is 35.9 Å². The number of hydrogen-bond acceptors (Lipinski definition) is 3. The fourth-order valence-corrected chi connectivity index (χ4v) is 4.33. The van der Waals surface area contributed by atoms with Crippen molar-refractivity contribution in [2.45, 2.75) is 45.4 Å². The fourth-order valence-electron chi connectivity index (χ4n) is 4.33. The molecule has 0 unspecified atom stereocenters. The number of hydrogen-bond donors (Lipinski definition) is 0. The first kappa shape index (κ1) is 19.9. The van der Waals surface area contributed by atoms with Crippen molar-refractivity contribution >= 4 is 11.8 Å². The quantitative estimate of drug-likeness (QED) is 0.659. The SMILES string of the molecule is CCOCCC(=O)N1CCC2(CC1)CC(=O)N(CCCc1ccccc1)C2. The van der Waals surface area contributed by atoms with Crippen LogP contribution in [0.4, 0.5) is 0 Å². The Labute approximate surface area is 162 Å². The Balaban J connectivity index is 1.42. The third-order valence-corrected chi connectivity index (χ3v) is 5.98. The number of nitrogens with zero attached hydrogens (tertiary/aromatic N) is 2. The topological polar surface area (TPSA) is 49.9 Å². The van der Waals surface area contributed by atoms with Gasteiger partial charge in [0.05, 0.1) is 13.0 Å². The Kier molecular flexibility index (Phi) is 6.89. The van der Waals surface area contributed by atoms with E-state index in [1.807, 2.05) is 17.9 Å². The van der Waals surface area contributed by atoms with Crippen LogP contribution < -0.4 is 0 Å². The monoisotopic (exact) mass is 372 g/mol. The van der Waals surface area contributed by atoms with Gasteiger partial charge in [-0.1, -0.05) is 30.3 Å². The van der Waals surface area contributed by atoms with Gasteiger partial charge >= 0.3 is 0 Å². The van der Waals surface area contributed by atoms with Crippen LogP contribution in [0.15, 0.2) is 30.3 Å². The molecule has 2 saturated heterocycles. The lowest BCUT2D eigenvalue weighted by Crippen LogP contribution is -2.44. The maximum atomic E-state index is 12.5. The minimum absolute atomic E-state index is 0.0839. The summed E-state index contributed by atoms with van der Waals surface area (Å²) in [6.07, 6.45) is 5.01. The number of aryl methyl sites for hydroxylation is 1. The van der Waals surface area contributed by atoms with Crippen LogP contribution in [-0.4, -0.2) is 61.0 Å². The molecule has 2 aliphatic rings. The zero-order chi connectivity index (χ0) is 19.1. The second kappa shape index (κ2) is 9.36. The lowest BCUT2D eigenvalue weighted by Gasteiger charge is -2.39. The molecule has 2 heterocycles. The van der Waals surface area contributed by atoms with E-state index in [-0.39, 0.29) is 11.3 Å². The lowest BCUT2D eigenvalue weighted by molar-refractivity contribution is -0.134. The van der Waals surface area contributed by atoms with E-state index < -0.39 is 0 Å². The standard InChI is InChI=1S/C22H32N2O3/c1-2-27-16-10-20(25)23-14-11-22(12-15-23)17-21(26)24(18-22)13-6-9-19-7-4-3-5-8-19/h3-5,7-8H,2,6,9-18H2,1H3. The highest BCUT2D eigenvalue weighted by molar-refractivity contribution is 5.80. The van der Waals surface area contributed by atoms with Gasteiger partial charge in [0.15, 0.2) is 0 Å². The maximum Gasteiger partial charge on any atom is 0.224 e. The van der Waals surface area contributed by atoms with E-state index >= 15 is 0 Å². The van der Waals surface area contributed by atoms with Gasteiger partial charge in [-0.25, -0.2) is 0 Å². The summed E-state index contributed by atoms with van der Waals surface area (Å²) in [5.74, 6) is 0.474. The number of ether oxygens (including phenoxy) is 1. The Hall–Kier alpha value is -1.88. The summed E-state index contributed by atoms with van der Waals surface area (Å²) < 4.78 is 5.29. The van der Waals surface area contributed by atoms with E-state index in [9.17, 15) is 9.59 Å². The Morgan fingerprint density at radius 1 is 1.19 bits per heavy atom. The zero-order valence-corrected chi connectivity index (χ0v) is 16.5. The molecule has 1 aromatic carbocycles. The van der Waals surface area contributed by atoms with Crippen LogP contribution in [0.2, 0.25) is 0 Å². The lowest BCUT2D eigenvalue weighted by atomic mass is 9.77. The Bertz CT molecular complexity index is 624. The number of carbonyl (C=O) groups excluding carboxylic acids is 2. The van der Waals surface area contributed by atoms with Gasteiger partial charge in [-0.2, -0.15) is 0 Å². The molecule has 2 amide bonds. The highest BCUT2D eigenvalue weighted by Crippen LogP contribution is 2.41. The molecule has 1 spiro atoms. The van der Waals surface area contributed by atoms with Gasteiger partial charge in [0.1, 0.15) is 0 Å². The van der Waals surface area contributed by atoms with E-state index in [0.29, 0.717) is 32.0 Å². The summed E-state index contributed by atoms with van der Waals surface area (Å²) in [6, 6.07) is 10.5. The van der Waals surface area contributed by atoms with Crippen molar-refractivity contribution in [1.29, 1.82) is 0 Å². The van der Waals surface area contributed by atoms with E-state index in [0.717, 1.165) is 51.9 Å². The molecule has 0 aromatic heterocycles. The zero-order valence-electron chi connectivity index (χ0n) is 16.5. The molecule has 3 rings (SSSR count). The minimum atomic E-state index is 0.0839. The number of carbonyl (C=O) groups is 2. The maximum absolute atomic E-state index is 12.5. The van der Waals surface area contributed by atoms with E-state index in [2.05, 4.69) is 29.2 Å². The molecule has 0 atom stereocenters. The summed E-state index contributed by atoms with van der Waals surface area (Å²) in [4.78, 5) is 28.8. The number of likely N-dealkylation sites (tertiary alicyclic amines) is 2. The first-order chi connectivity index (χ1) is 13.1. The highest BCUT2D eigenvalue weighted by Gasteiger charge is 2.45. The van der Waals surface area contributed by atoms with Crippen molar-refractivity contribution in [1.82, 2.24) is 9.80 Å². The van der Waals surface area contributed by atoms with E-state index in [4.69, 9.17) is 4.74 Å². The van der Waals surface area contributed by atoms with E-state index in [1.54, 1.807) is 0 Å². The van der Waals surface area contributed by atoms with Crippen molar-refractivity contribution in [2.75, 3.05) is 39.4 Å². The number of rotatable bonds is 8. The first-order valence-corrected chi connectivity index (χ1v) is 10.3. The average Bonchev–Trinajstić information content (AvgIpc) is 2.98. The summed E-state index contributed by atoms with van der Waals surface area (Å²) in [7, 11) is 0. The smallest absolute Gasteiger partial charge is 0.224 e. The summed E-state index contributed by atoms with van der Waals surface area (Å²) in [5, 5.41) is 0. The van der Waals surface area contributed by atoms with Crippen molar-refractivity contribution in [2.24, 2.45) is 5.41 Å². The molecule has 0 N–H and O–H groups in total. The van der Waals surface area contributed by atoms with Crippen molar-refractivity contribution in [3.8, 4) is 0 Å². The third-order valence-electron chi connectivity index (χ3n) is 5.98. The molecule has 0 bridgehead atoms. The molecule has 0 aliphatic carbocycles. The van der Waals surface area contributed by atoms with Gasteiger partial charge in [0.25, 0.3) is 0 Å². The molecule has 1 aromatic rings. The van der Waals surface area contributed by atoms with Crippen LogP contribution in [-0.2, 0) is 20.7 Å². The fraction of sp³-hybridized carbons (Fsp3) is 0.636. The third kappa shape index (κ3) is 5.32. The van der Waals surface area contributed by atoms with Crippen LogP contribution >= 0.6 is 0 Å². The van der Waals surface area contributed by atoms with Crippen LogP contribution in [0, 0.1) is 5.41 Å². The van der Waals surface area contributed by atoms with Gasteiger partial charge in [0, 0.05) is 44.6 Å². The molecule has 5 nitrogen and oxygen atoms in total. The number of amides is 2. The van der Waals surface area contributed by atoms with Gasteiger partial charge in [-0.3, -0.25) is 9.59 Å². The number of benzene rings is 1. The van der Waals surface area contributed by atoms with Crippen LogP contribution in [0.3, 0.4) is 0 Å². The van der Waals surface area contributed by atoms with Gasteiger partial charge in [-0.05, 0) is 38.2 Å². The van der Waals surface area contributed by atoms with Crippen molar-refractivity contribution in [3.63, 3.8) is 0 Å². The molecule has 0 radical (unpaired) electrons. The average molecular weight is 373 g/mol.